The van der Waals surface area contributed by atoms with E-state index >= 15 is 0 Å². The minimum atomic E-state index is -0.965. The molecule has 0 aromatic carbocycles. The second-order valence-electron chi connectivity index (χ2n) is 2.87. The Morgan fingerprint density at radius 1 is 1.57 bits per heavy atom. The van der Waals surface area contributed by atoms with Crippen molar-refractivity contribution in [2.75, 3.05) is 5.75 Å². The third-order valence-corrected chi connectivity index (χ3v) is 2.82. The van der Waals surface area contributed by atoms with Crippen LogP contribution in [0.15, 0.2) is 18.2 Å². The van der Waals surface area contributed by atoms with Crippen molar-refractivity contribution in [1.29, 1.82) is 0 Å². The van der Waals surface area contributed by atoms with Gasteiger partial charge < -0.3 is 5.11 Å². The number of hydrogen-bond acceptors (Lipinski definition) is 3. The van der Waals surface area contributed by atoms with Crippen molar-refractivity contribution in [3.8, 4) is 0 Å². The number of carboxylic acids is 1. The van der Waals surface area contributed by atoms with Crippen LogP contribution < -0.4 is 0 Å². The summed E-state index contributed by atoms with van der Waals surface area (Å²) < 4.78 is 0. The Hall–Kier alpha value is -1.03. The van der Waals surface area contributed by atoms with Gasteiger partial charge in [0.25, 0.3) is 0 Å². The van der Waals surface area contributed by atoms with E-state index < -0.39 is 5.97 Å². The predicted octanol–water partition coefficient (Wildman–Crippen LogP) is 2.42. The van der Waals surface area contributed by atoms with E-state index in [0.717, 1.165) is 23.6 Å². The van der Waals surface area contributed by atoms with Crippen molar-refractivity contribution in [2.24, 2.45) is 0 Å². The van der Waals surface area contributed by atoms with Gasteiger partial charge in [0.1, 0.15) is 5.69 Å². The van der Waals surface area contributed by atoms with Crippen LogP contribution in [0.3, 0.4) is 0 Å². The Morgan fingerprint density at radius 3 is 3.00 bits per heavy atom. The zero-order valence-corrected chi connectivity index (χ0v) is 8.88. The first-order valence-electron chi connectivity index (χ1n) is 4.51. The van der Waals surface area contributed by atoms with Crippen molar-refractivity contribution in [1.82, 2.24) is 4.98 Å². The van der Waals surface area contributed by atoms with Gasteiger partial charge >= 0.3 is 5.97 Å². The lowest BCUT2D eigenvalue weighted by Crippen LogP contribution is -2.01. The SMILES string of the molecule is CCCSCc1cccc(C(=O)O)n1. The van der Waals surface area contributed by atoms with E-state index in [0.29, 0.717) is 0 Å². The number of carbonyl (C=O) groups is 1. The van der Waals surface area contributed by atoms with Crippen LogP contribution >= 0.6 is 11.8 Å². The van der Waals surface area contributed by atoms with E-state index in [1.807, 2.05) is 6.07 Å². The molecule has 0 unspecified atom stereocenters. The number of thioether (sulfide) groups is 1. The maximum atomic E-state index is 10.6. The van der Waals surface area contributed by atoms with Gasteiger partial charge in [-0.25, -0.2) is 9.78 Å². The van der Waals surface area contributed by atoms with E-state index in [1.54, 1.807) is 17.8 Å². The fourth-order valence-electron chi connectivity index (χ4n) is 1.00. The number of aromatic carboxylic acids is 1. The zero-order chi connectivity index (χ0) is 10.4. The van der Waals surface area contributed by atoms with E-state index in [2.05, 4.69) is 11.9 Å². The number of aromatic nitrogens is 1. The van der Waals surface area contributed by atoms with Crippen molar-refractivity contribution < 1.29 is 9.90 Å². The topological polar surface area (TPSA) is 50.2 Å². The highest BCUT2D eigenvalue weighted by atomic mass is 32.2. The number of rotatable bonds is 5. The minimum Gasteiger partial charge on any atom is -0.477 e. The van der Waals surface area contributed by atoms with Crippen molar-refractivity contribution in [3.63, 3.8) is 0 Å². The Bertz CT molecular complexity index is 315. The van der Waals surface area contributed by atoms with Gasteiger partial charge in [-0.1, -0.05) is 13.0 Å². The average Bonchev–Trinajstić information content (AvgIpc) is 2.19. The molecule has 3 nitrogen and oxygen atoms in total. The van der Waals surface area contributed by atoms with E-state index in [-0.39, 0.29) is 5.69 Å². The summed E-state index contributed by atoms with van der Waals surface area (Å²) in [5.74, 6) is 0.904. The second kappa shape index (κ2) is 5.65. The lowest BCUT2D eigenvalue weighted by molar-refractivity contribution is 0.0690. The summed E-state index contributed by atoms with van der Waals surface area (Å²) >= 11 is 1.77. The van der Waals surface area contributed by atoms with Gasteiger partial charge in [-0.05, 0) is 24.3 Å². The van der Waals surface area contributed by atoms with Crippen molar-refractivity contribution >= 4 is 17.7 Å². The molecule has 76 valence electrons. The molecule has 0 aliphatic rings. The molecular formula is C10H13NO2S. The molecule has 4 heteroatoms. The molecule has 1 heterocycles. The molecule has 0 amide bonds. The fraction of sp³-hybridized carbons (Fsp3) is 0.400. The van der Waals surface area contributed by atoms with Gasteiger partial charge in [-0.2, -0.15) is 11.8 Å². The standard InChI is InChI=1S/C10H13NO2S/c1-2-6-14-7-8-4-3-5-9(11-8)10(12)13/h3-5H,2,6-7H2,1H3,(H,12,13). The van der Waals surface area contributed by atoms with Crippen LogP contribution in [0.4, 0.5) is 0 Å². The Kier molecular flexibility index (Phi) is 4.46. The van der Waals surface area contributed by atoms with Gasteiger partial charge in [0.15, 0.2) is 0 Å². The van der Waals surface area contributed by atoms with E-state index in [9.17, 15) is 4.79 Å². The largest absolute Gasteiger partial charge is 0.477 e. The highest BCUT2D eigenvalue weighted by Gasteiger charge is 2.04. The average molecular weight is 211 g/mol. The van der Waals surface area contributed by atoms with Crippen LogP contribution in [-0.4, -0.2) is 21.8 Å². The van der Waals surface area contributed by atoms with Crippen molar-refractivity contribution in [3.05, 3.63) is 29.6 Å². The smallest absolute Gasteiger partial charge is 0.354 e. The van der Waals surface area contributed by atoms with Crippen LogP contribution in [0, 0.1) is 0 Å². The molecule has 14 heavy (non-hydrogen) atoms. The van der Waals surface area contributed by atoms with Crippen LogP contribution in [0.1, 0.15) is 29.5 Å². The Balaban J connectivity index is 2.59. The molecule has 0 atom stereocenters. The first-order chi connectivity index (χ1) is 6.74. The summed E-state index contributed by atoms with van der Waals surface area (Å²) in [6.07, 6.45) is 1.13. The summed E-state index contributed by atoms with van der Waals surface area (Å²) in [6.45, 7) is 2.12. The molecule has 0 saturated heterocycles. The van der Waals surface area contributed by atoms with Crippen LogP contribution in [0.2, 0.25) is 0 Å². The van der Waals surface area contributed by atoms with Gasteiger partial charge in [0.05, 0.1) is 5.69 Å². The lowest BCUT2D eigenvalue weighted by atomic mass is 10.3. The van der Waals surface area contributed by atoms with Gasteiger partial charge in [0, 0.05) is 5.75 Å². The minimum absolute atomic E-state index is 0.125. The first-order valence-corrected chi connectivity index (χ1v) is 5.66. The third kappa shape index (κ3) is 3.38. The quantitative estimate of drug-likeness (QED) is 0.760. The molecule has 1 N–H and O–H groups in total. The number of nitrogens with zero attached hydrogens (tertiary/aromatic N) is 1. The molecule has 1 aromatic rings. The first kappa shape index (κ1) is 11.0. The van der Waals surface area contributed by atoms with E-state index in [4.69, 9.17) is 5.11 Å². The molecule has 0 aliphatic carbocycles. The summed E-state index contributed by atoms with van der Waals surface area (Å²) in [7, 11) is 0. The van der Waals surface area contributed by atoms with Gasteiger partial charge in [-0.15, -0.1) is 0 Å². The summed E-state index contributed by atoms with van der Waals surface area (Å²) in [6, 6.07) is 5.10. The molecule has 0 saturated carbocycles. The van der Waals surface area contributed by atoms with Crippen molar-refractivity contribution in [2.45, 2.75) is 19.1 Å². The molecular weight excluding hydrogens is 198 g/mol. The maximum Gasteiger partial charge on any atom is 0.354 e. The maximum absolute atomic E-state index is 10.6. The van der Waals surface area contributed by atoms with Crippen LogP contribution in [0.5, 0.6) is 0 Å². The monoisotopic (exact) mass is 211 g/mol. The number of carboxylic acid groups (broad SMARTS) is 1. The Morgan fingerprint density at radius 2 is 2.36 bits per heavy atom. The van der Waals surface area contributed by atoms with Crippen LogP contribution in [0.25, 0.3) is 0 Å². The fourth-order valence-corrected chi connectivity index (χ4v) is 1.80. The Labute approximate surface area is 87.6 Å². The third-order valence-electron chi connectivity index (χ3n) is 1.62. The summed E-state index contributed by atoms with van der Waals surface area (Å²) in [5, 5.41) is 8.71. The number of pyridine rings is 1. The second-order valence-corrected chi connectivity index (χ2v) is 3.98. The molecule has 1 aromatic heterocycles. The summed E-state index contributed by atoms with van der Waals surface area (Å²) in [5.41, 5.74) is 0.961. The summed E-state index contributed by atoms with van der Waals surface area (Å²) in [4.78, 5) is 14.6. The molecule has 0 radical (unpaired) electrons. The highest BCUT2D eigenvalue weighted by Crippen LogP contribution is 2.11. The predicted molar refractivity (Wildman–Crippen MR) is 57.6 cm³/mol. The normalized spacial score (nSPS) is 10.1. The molecule has 0 bridgehead atoms. The van der Waals surface area contributed by atoms with Gasteiger partial charge in [-0.3, -0.25) is 0 Å². The lowest BCUT2D eigenvalue weighted by Gasteiger charge is -2.00. The highest BCUT2D eigenvalue weighted by molar-refractivity contribution is 7.98. The zero-order valence-electron chi connectivity index (χ0n) is 8.06. The van der Waals surface area contributed by atoms with E-state index in [1.165, 1.54) is 6.07 Å². The molecule has 0 spiro atoms. The molecule has 1 rings (SSSR count). The molecule has 0 fully saturated rings. The van der Waals surface area contributed by atoms with Gasteiger partial charge in [0.2, 0.25) is 0 Å². The molecule has 0 aliphatic heterocycles. The number of hydrogen-bond donors (Lipinski definition) is 1. The van der Waals surface area contributed by atoms with Crippen LogP contribution in [-0.2, 0) is 5.75 Å².